The third kappa shape index (κ3) is 3.85. The number of ether oxygens (including phenoxy) is 1. The summed E-state index contributed by atoms with van der Waals surface area (Å²) >= 11 is 0. The molecule has 0 bridgehead atoms. The predicted octanol–water partition coefficient (Wildman–Crippen LogP) is 3.41. The van der Waals surface area contributed by atoms with Crippen molar-refractivity contribution < 1.29 is 23.5 Å². The minimum Gasteiger partial charge on any atom is -0.376 e. The Morgan fingerprint density at radius 1 is 1.03 bits per heavy atom. The third-order valence-electron chi connectivity index (χ3n) is 6.14. The minimum atomic E-state index is -0.373. The van der Waals surface area contributed by atoms with Crippen LogP contribution in [-0.2, 0) is 11.3 Å². The van der Waals surface area contributed by atoms with Crippen LogP contribution < -0.4 is 0 Å². The highest BCUT2D eigenvalue weighted by atomic mass is 19.1. The lowest BCUT2D eigenvalue weighted by Crippen LogP contribution is -2.36. The van der Waals surface area contributed by atoms with E-state index < -0.39 is 0 Å². The van der Waals surface area contributed by atoms with Crippen LogP contribution in [0.25, 0.3) is 0 Å². The van der Waals surface area contributed by atoms with Crippen molar-refractivity contribution >= 4 is 17.7 Å². The standard InChI is InChI=1S/C24H23FN2O4/c25-17-6-3-15(4-7-17)13-26(18-8-9-18)22(28)16-5-10-20-21(12-16)24(30)27(23(20)29)14-19-2-1-11-31-19/h3-7,10,12,18-19H,1-2,8-9,11,13-14H2. The van der Waals surface area contributed by atoms with E-state index in [1.807, 2.05) is 0 Å². The van der Waals surface area contributed by atoms with Crippen molar-refractivity contribution in [2.45, 2.75) is 44.4 Å². The molecule has 3 aliphatic rings. The maximum atomic E-state index is 13.3. The van der Waals surface area contributed by atoms with Crippen molar-refractivity contribution in [2.75, 3.05) is 13.2 Å². The van der Waals surface area contributed by atoms with Gasteiger partial charge >= 0.3 is 0 Å². The number of carbonyl (C=O) groups excluding carboxylic acids is 3. The molecule has 5 rings (SSSR count). The molecule has 7 heteroatoms. The van der Waals surface area contributed by atoms with Gasteiger partial charge in [-0.05, 0) is 61.6 Å². The number of hydrogen-bond donors (Lipinski definition) is 0. The summed E-state index contributed by atoms with van der Waals surface area (Å²) in [7, 11) is 0. The van der Waals surface area contributed by atoms with Gasteiger partial charge in [0.15, 0.2) is 0 Å². The van der Waals surface area contributed by atoms with E-state index in [2.05, 4.69) is 0 Å². The second kappa shape index (κ2) is 7.89. The molecule has 0 radical (unpaired) electrons. The zero-order valence-electron chi connectivity index (χ0n) is 17.1. The first-order valence-electron chi connectivity index (χ1n) is 10.7. The number of hydrogen-bond acceptors (Lipinski definition) is 4. The van der Waals surface area contributed by atoms with Crippen LogP contribution in [0.4, 0.5) is 4.39 Å². The zero-order chi connectivity index (χ0) is 21.5. The maximum Gasteiger partial charge on any atom is 0.261 e. The van der Waals surface area contributed by atoms with Gasteiger partial charge in [0.2, 0.25) is 0 Å². The highest BCUT2D eigenvalue weighted by Gasteiger charge is 2.39. The van der Waals surface area contributed by atoms with E-state index >= 15 is 0 Å². The van der Waals surface area contributed by atoms with Gasteiger partial charge in [-0.2, -0.15) is 0 Å². The molecule has 2 aliphatic heterocycles. The summed E-state index contributed by atoms with van der Waals surface area (Å²) < 4.78 is 18.8. The molecule has 1 atom stereocenters. The van der Waals surface area contributed by atoms with E-state index in [4.69, 9.17) is 4.74 Å². The Kier molecular flexibility index (Phi) is 5.06. The van der Waals surface area contributed by atoms with Crippen LogP contribution in [0.2, 0.25) is 0 Å². The fourth-order valence-corrected chi connectivity index (χ4v) is 4.29. The Labute approximate surface area is 179 Å². The predicted molar refractivity (Wildman–Crippen MR) is 110 cm³/mol. The van der Waals surface area contributed by atoms with E-state index in [0.29, 0.717) is 24.3 Å². The van der Waals surface area contributed by atoms with Gasteiger partial charge in [0.05, 0.1) is 23.8 Å². The number of halogens is 1. The Balaban J connectivity index is 1.37. The Morgan fingerprint density at radius 2 is 1.77 bits per heavy atom. The molecule has 1 aliphatic carbocycles. The van der Waals surface area contributed by atoms with Crippen LogP contribution in [-0.4, -0.2) is 52.8 Å². The molecule has 6 nitrogen and oxygen atoms in total. The molecular weight excluding hydrogens is 399 g/mol. The molecule has 3 amide bonds. The fraction of sp³-hybridized carbons (Fsp3) is 0.375. The Morgan fingerprint density at radius 3 is 2.45 bits per heavy atom. The average Bonchev–Trinajstić information content (AvgIpc) is 3.44. The zero-order valence-corrected chi connectivity index (χ0v) is 17.1. The van der Waals surface area contributed by atoms with Crippen molar-refractivity contribution in [1.82, 2.24) is 9.80 Å². The highest BCUT2D eigenvalue weighted by molar-refractivity contribution is 6.22. The van der Waals surface area contributed by atoms with Crippen LogP contribution in [0.1, 0.15) is 62.3 Å². The van der Waals surface area contributed by atoms with E-state index in [1.54, 1.807) is 29.2 Å². The van der Waals surface area contributed by atoms with E-state index in [1.165, 1.54) is 23.1 Å². The van der Waals surface area contributed by atoms with Crippen LogP contribution in [0.3, 0.4) is 0 Å². The largest absolute Gasteiger partial charge is 0.376 e. The molecular formula is C24H23FN2O4. The smallest absolute Gasteiger partial charge is 0.261 e. The minimum absolute atomic E-state index is 0.121. The molecule has 0 N–H and O–H groups in total. The van der Waals surface area contributed by atoms with Crippen LogP contribution in [0, 0.1) is 5.82 Å². The summed E-state index contributed by atoms with van der Waals surface area (Å²) in [5.74, 6) is -1.21. The lowest BCUT2D eigenvalue weighted by Gasteiger charge is -2.23. The normalized spacial score (nSPS) is 20.3. The summed E-state index contributed by atoms with van der Waals surface area (Å²) in [6, 6.07) is 11.0. The lowest BCUT2D eigenvalue weighted by molar-refractivity contribution is 0.0475. The SMILES string of the molecule is O=C1c2ccc(C(=O)N(Cc3ccc(F)cc3)C3CC3)cc2C(=O)N1CC1CCCO1. The van der Waals surface area contributed by atoms with Gasteiger partial charge in [0.25, 0.3) is 17.7 Å². The third-order valence-corrected chi connectivity index (χ3v) is 6.14. The lowest BCUT2D eigenvalue weighted by atomic mass is 10.0. The number of nitrogens with zero attached hydrogens (tertiary/aromatic N) is 2. The molecule has 1 saturated carbocycles. The molecule has 1 saturated heterocycles. The topological polar surface area (TPSA) is 66.9 Å². The summed E-state index contributed by atoms with van der Waals surface area (Å²) in [4.78, 5) is 41.9. The fourth-order valence-electron chi connectivity index (χ4n) is 4.29. The summed E-state index contributed by atoms with van der Waals surface area (Å²) in [5.41, 5.74) is 1.83. The van der Waals surface area contributed by atoms with Gasteiger partial charge < -0.3 is 9.64 Å². The average molecular weight is 422 g/mol. The number of benzene rings is 2. The molecule has 2 fully saturated rings. The van der Waals surface area contributed by atoms with Crippen molar-refractivity contribution in [3.8, 4) is 0 Å². The Bertz CT molecular complexity index is 1040. The molecule has 31 heavy (non-hydrogen) atoms. The van der Waals surface area contributed by atoms with Crippen molar-refractivity contribution in [3.05, 3.63) is 70.5 Å². The van der Waals surface area contributed by atoms with Gasteiger partial charge in [0, 0.05) is 24.8 Å². The van der Waals surface area contributed by atoms with Gasteiger partial charge in [0.1, 0.15) is 5.82 Å². The van der Waals surface area contributed by atoms with E-state index in [-0.39, 0.29) is 47.8 Å². The second-order valence-electron chi connectivity index (χ2n) is 8.41. The van der Waals surface area contributed by atoms with Crippen molar-refractivity contribution in [1.29, 1.82) is 0 Å². The van der Waals surface area contributed by atoms with Crippen LogP contribution in [0.15, 0.2) is 42.5 Å². The summed E-state index contributed by atoms with van der Waals surface area (Å²) in [5, 5.41) is 0. The van der Waals surface area contributed by atoms with E-state index in [0.717, 1.165) is 31.2 Å². The van der Waals surface area contributed by atoms with Gasteiger partial charge in [-0.15, -0.1) is 0 Å². The molecule has 2 aromatic rings. The van der Waals surface area contributed by atoms with Gasteiger partial charge in [-0.1, -0.05) is 12.1 Å². The molecule has 0 aromatic heterocycles. The van der Waals surface area contributed by atoms with Gasteiger partial charge in [-0.3, -0.25) is 19.3 Å². The number of fused-ring (bicyclic) bond motifs is 1. The number of carbonyl (C=O) groups is 3. The number of rotatable bonds is 6. The summed E-state index contributed by atoms with van der Waals surface area (Å²) in [6.07, 6.45) is 3.48. The quantitative estimate of drug-likeness (QED) is 0.670. The highest BCUT2D eigenvalue weighted by Crippen LogP contribution is 2.31. The van der Waals surface area contributed by atoms with Crippen LogP contribution in [0.5, 0.6) is 0 Å². The molecule has 2 heterocycles. The Hall–Kier alpha value is -3.06. The first-order valence-corrected chi connectivity index (χ1v) is 10.7. The van der Waals surface area contributed by atoms with E-state index in [9.17, 15) is 18.8 Å². The molecule has 0 spiro atoms. The molecule has 160 valence electrons. The maximum absolute atomic E-state index is 13.3. The summed E-state index contributed by atoms with van der Waals surface area (Å²) in [6.45, 7) is 1.27. The van der Waals surface area contributed by atoms with Crippen molar-refractivity contribution in [3.63, 3.8) is 0 Å². The number of amides is 3. The number of imide groups is 1. The van der Waals surface area contributed by atoms with Gasteiger partial charge in [-0.25, -0.2) is 4.39 Å². The molecule has 1 unspecified atom stereocenters. The first kappa shape index (κ1) is 19.9. The van der Waals surface area contributed by atoms with Crippen LogP contribution >= 0.6 is 0 Å². The second-order valence-corrected chi connectivity index (χ2v) is 8.41. The monoisotopic (exact) mass is 422 g/mol. The molecule has 2 aromatic carbocycles. The van der Waals surface area contributed by atoms with Crippen molar-refractivity contribution in [2.24, 2.45) is 0 Å². The first-order chi connectivity index (χ1) is 15.0.